The maximum atomic E-state index is 11.5. The van der Waals surface area contributed by atoms with E-state index in [1.165, 1.54) is 39.2 Å². The Hall–Kier alpha value is -1.71. The molecule has 116 valence electrons. The number of hydrogen-bond acceptors (Lipinski definition) is 4. The van der Waals surface area contributed by atoms with E-state index in [1.54, 1.807) is 12.1 Å². The van der Waals surface area contributed by atoms with Crippen LogP contribution in [0.3, 0.4) is 0 Å². The molecule has 0 saturated heterocycles. The summed E-state index contributed by atoms with van der Waals surface area (Å²) in [5.41, 5.74) is 8.27. The van der Waals surface area contributed by atoms with Crippen molar-refractivity contribution in [1.29, 1.82) is 0 Å². The van der Waals surface area contributed by atoms with Crippen molar-refractivity contribution in [3.63, 3.8) is 0 Å². The number of carbonyl (C=O) groups excluding carboxylic acids is 1. The molecule has 2 rings (SSSR count). The zero-order valence-corrected chi connectivity index (χ0v) is 13.3. The van der Waals surface area contributed by atoms with Crippen LogP contribution in [0.2, 0.25) is 0 Å². The molecular weight excluding hydrogens is 264 g/mol. The summed E-state index contributed by atoms with van der Waals surface area (Å²) in [5.74, 6) is 0.535. The van der Waals surface area contributed by atoms with Crippen molar-refractivity contribution in [2.24, 2.45) is 5.92 Å². The van der Waals surface area contributed by atoms with Gasteiger partial charge in [0, 0.05) is 13.1 Å². The van der Waals surface area contributed by atoms with Crippen LogP contribution in [0.25, 0.3) is 0 Å². The third kappa shape index (κ3) is 3.49. The topological polar surface area (TPSA) is 55.6 Å². The number of hydrogen-bond donors (Lipinski definition) is 1. The summed E-state index contributed by atoms with van der Waals surface area (Å²) in [4.78, 5) is 13.8. The minimum atomic E-state index is -0.348. The van der Waals surface area contributed by atoms with E-state index in [2.05, 4.69) is 18.9 Å². The second-order valence-corrected chi connectivity index (χ2v) is 5.96. The normalized spacial score (nSPS) is 21.9. The molecule has 0 atom stereocenters. The standard InChI is InChI=1S/C17H26N2O2/c1-4-12-5-8-14(9-6-12)19(2)16-10-7-13(11-15(16)18)17(20)21-3/h7,10-12,14H,4-6,8-9,18H2,1-3H3. The second-order valence-electron chi connectivity index (χ2n) is 5.96. The average molecular weight is 290 g/mol. The number of carbonyl (C=O) groups is 1. The van der Waals surface area contributed by atoms with Gasteiger partial charge in [0.15, 0.2) is 0 Å². The minimum Gasteiger partial charge on any atom is -0.465 e. The summed E-state index contributed by atoms with van der Waals surface area (Å²) in [7, 11) is 3.48. The molecule has 0 aliphatic heterocycles. The number of rotatable bonds is 4. The Morgan fingerprint density at radius 3 is 2.52 bits per heavy atom. The lowest BCUT2D eigenvalue weighted by molar-refractivity contribution is 0.0601. The van der Waals surface area contributed by atoms with E-state index in [9.17, 15) is 4.79 Å². The number of nitrogens with two attached hydrogens (primary N) is 1. The highest BCUT2D eigenvalue weighted by molar-refractivity contribution is 5.91. The summed E-state index contributed by atoms with van der Waals surface area (Å²) in [6.45, 7) is 2.28. The van der Waals surface area contributed by atoms with Gasteiger partial charge < -0.3 is 15.4 Å². The van der Waals surface area contributed by atoms with Gasteiger partial charge >= 0.3 is 5.97 Å². The molecule has 1 aliphatic carbocycles. The molecule has 2 N–H and O–H groups in total. The van der Waals surface area contributed by atoms with Gasteiger partial charge in [0.05, 0.1) is 24.0 Å². The molecule has 0 bridgehead atoms. The first-order valence-electron chi connectivity index (χ1n) is 7.77. The molecule has 4 heteroatoms. The number of anilines is 2. The fourth-order valence-corrected chi connectivity index (χ4v) is 3.26. The molecule has 1 saturated carbocycles. The van der Waals surface area contributed by atoms with E-state index in [0.29, 0.717) is 17.3 Å². The summed E-state index contributed by atoms with van der Waals surface area (Å²) in [5, 5.41) is 0. The van der Waals surface area contributed by atoms with Crippen LogP contribution in [-0.4, -0.2) is 26.2 Å². The van der Waals surface area contributed by atoms with Crippen molar-refractivity contribution >= 4 is 17.3 Å². The molecule has 4 nitrogen and oxygen atoms in total. The zero-order chi connectivity index (χ0) is 15.4. The first-order valence-corrected chi connectivity index (χ1v) is 7.77. The van der Waals surface area contributed by atoms with Crippen molar-refractivity contribution in [3.8, 4) is 0 Å². The number of ether oxygens (including phenoxy) is 1. The smallest absolute Gasteiger partial charge is 0.337 e. The molecule has 0 spiro atoms. The van der Waals surface area contributed by atoms with Gasteiger partial charge in [-0.05, 0) is 49.8 Å². The van der Waals surface area contributed by atoms with E-state index in [4.69, 9.17) is 10.5 Å². The van der Waals surface area contributed by atoms with E-state index in [0.717, 1.165) is 11.6 Å². The second kappa shape index (κ2) is 6.83. The largest absolute Gasteiger partial charge is 0.465 e. The van der Waals surface area contributed by atoms with E-state index in [1.807, 2.05) is 6.07 Å². The predicted molar refractivity (Wildman–Crippen MR) is 86.6 cm³/mol. The van der Waals surface area contributed by atoms with Crippen LogP contribution in [-0.2, 0) is 4.74 Å². The first kappa shape index (κ1) is 15.7. The first-order chi connectivity index (χ1) is 10.1. The van der Waals surface area contributed by atoms with Crippen molar-refractivity contribution < 1.29 is 9.53 Å². The molecule has 1 aromatic rings. The fourth-order valence-electron chi connectivity index (χ4n) is 3.26. The van der Waals surface area contributed by atoms with Crippen molar-refractivity contribution in [1.82, 2.24) is 0 Å². The van der Waals surface area contributed by atoms with Gasteiger partial charge in [-0.25, -0.2) is 4.79 Å². The van der Waals surface area contributed by atoms with Crippen molar-refractivity contribution in [2.75, 3.05) is 24.8 Å². The van der Waals surface area contributed by atoms with Gasteiger partial charge in [0.1, 0.15) is 0 Å². The van der Waals surface area contributed by atoms with Crippen LogP contribution in [0.4, 0.5) is 11.4 Å². The fraction of sp³-hybridized carbons (Fsp3) is 0.588. The lowest BCUT2D eigenvalue weighted by Gasteiger charge is -2.36. The number of nitrogens with zero attached hydrogens (tertiary/aromatic N) is 1. The van der Waals surface area contributed by atoms with Crippen LogP contribution in [0.5, 0.6) is 0 Å². The predicted octanol–water partition coefficient (Wildman–Crippen LogP) is 3.46. The summed E-state index contributed by atoms with van der Waals surface area (Å²) >= 11 is 0. The average Bonchev–Trinajstić information content (AvgIpc) is 2.53. The van der Waals surface area contributed by atoms with Crippen LogP contribution in [0, 0.1) is 5.92 Å². The van der Waals surface area contributed by atoms with Crippen LogP contribution in [0.1, 0.15) is 49.4 Å². The highest BCUT2D eigenvalue weighted by atomic mass is 16.5. The van der Waals surface area contributed by atoms with Crippen molar-refractivity contribution in [2.45, 2.75) is 45.1 Å². The molecule has 0 aromatic heterocycles. The van der Waals surface area contributed by atoms with Crippen molar-refractivity contribution in [3.05, 3.63) is 23.8 Å². The molecule has 1 aliphatic rings. The van der Waals surface area contributed by atoms with Crippen LogP contribution < -0.4 is 10.6 Å². The van der Waals surface area contributed by atoms with E-state index >= 15 is 0 Å². The molecule has 0 unspecified atom stereocenters. The maximum absolute atomic E-state index is 11.5. The number of esters is 1. The summed E-state index contributed by atoms with van der Waals surface area (Å²) < 4.78 is 4.72. The molecule has 1 aromatic carbocycles. The monoisotopic (exact) mass is 290 g/mol. The number of benzene rings is 1. The lowest BCUT2D eigenvalue weighted by Crippen LogP contribution is -2.35. The quantitative estimate of drug-likeness (QED) is 0.681. The van der Waals surface area contributed by atoms with Gasteiger partial charge in [0.25, 0.3) is 0 Å². The van der Waals surface area contributed by atoms with Gasteiger partial charge in [-0.2, -0.15) is 0 Å². The van der Waals surface area contributed by atoms with E-state index < -0.39 is 0 Å². The Bertz CT molecular complexity index is 494. The highest BCUT2D eigenvalue weighted by Crippen LogP contribution is 2.33. The Labute approximate surface area is 127 Å². The summed E-state index contributed by atoms with van der Waals surface area (Å²) in [6, 6.07) is 5.95. The van der Waals surface area contributed by atoms with E-state index in [-0.39, 0.29) is 5.97 Å². The van der Waals surface area contributed by atoms with Gasteiger partial charge in [-0.15, -0.1) is 0 Å². The third-order valence-electron chi connectivity index (χ3n) is 4.77. The molecule has 21 heavy (non-hydrogen) atoms. The highest BCUT2D eigenvalue weighted by Gasteiger charge is 2.24. The van der Waals surface area contributed by atoms with Gasteiger partial charge in [-0.1, -0.05) is 13.3 Å². The van der Waals surface area contributed by atoms with Gasteiger partial charge in [-0.3, -0.25) is 0 Å². The lowest BCUT2D eigenvalue weighted by atomic mass is 9.84. The Kier molecular flexibility index (Phi) is 5.10. The van der Waals surface area contributed by atoms with Crippen LogP contribution >= 0.6 is 0 Å². The molecular formula is C17H26N2O2. The van der Waals surface area contributed by atoms with Gasteiger partial charge in [0.2, 0.25) is 0 Å². The third-order valence-corrected chi connectivity index (χ3v) is 4.77. The Morgan fingerprint density at radius 2 is 2.00 bits per heavy atom. The Morgan fingerprint density at radius 1 is 1.33 bits per heavy atom. The zero-order valence-electron chi connectivity index (χ0n) is 13.3. The summed E-state index contributed by atoms with van der Waals surface area (Å²) in [6.07, 6.45) is 6.31. The van der Waals surface area contributed by atoms with Crippen LogP contribution in [0.15, 0.2) is 18.2 Å². The molecule has 1 fully saturated rings. The maximum Gasteiger partial charge on any atom is 0.337 e. The minimum absolute atomic E-state index is 0.348. The molecule has 0 radical (unpaired) electrons. The molecule has 0 heterocycles. The number of methoxy groups -OCH3 is 1. The molecule has 0 amide bonds. The Balaban J connectivity index is 2.09. The number of nitrogen functional groups attached to an aromatic ring is 1. The SMILES string of the molecule is CCC1CCC(N(C)c2ccc(C(=O)OC)cc2N)CC1.